The molecule has 0 aromatic carbocycles. The zero-order valence-corrected chi connectivity index (χ0v) is 25.7. The van der Waals surface area contributed by atoms with Gasteiger partial charge in [-0.3, -0.25) is 4.79 Å². The number of fused-ring (bicyclic) bond motifs is 2. The number of halogens is 2. The molecular weight excluding hydrogens is 651 g/mol. The summed E-state index contributed by atoms with van der Waals surface area (Å²) in [4.78, 5) is 31.9. The third kappa shape index (κ3) is 6.35. The summed E-state index contributed by atoms with van der Waals surface area (Å²) in [6.45, 7) is 0. The van der Waals surface area contributed by atoms with Crippen molar-refractivity contribution < 1.29 is 14.3 Å². The lowest BCUT2D eigenvalue weighted by Crippen LogP contribution is -2.11. The van der Waals surface area contributed by atoms with Crippen LogP contribution in [0.1, 0.15) is 40.4 Å². The van der Waals surface area contributed by atoms with Gasteiger partial charge in [0, 0.05) is 52.3 Å². The molecule has 0 amide bonds. The lowest BCUT2D eigenvalue weighted by atomic mass is 10.0. The number of hydrogen-bond donors (Lipinski definition) is 0. The molecule has 38 heavy (non-hydrogen) atoms. The second-order valence-electron chi connectivity index (χ2n) is 8.62. The number of Topliss-reactive ketones (excluding diaryl/α,β-unsaturated/α-hetero) is 1. The van der Waals surface area contributed by atoms with Crippen molar-refractivity contribution in [3.05, 3.63) is 54.6 Å². The van der Waals surface area contributed by atoms with Crippen molar-refractivity contribution >= 4 is 68.7 Å². The van der Waals surface area contributed by atoms with Gasteiger partial charge in [0.25, 0.3) is 0 Å². The van der Waals surface area contributed by atoms with E-state index in [9.17, 15) is 4.79 Å². The summed E-state index contributed by atoms with van der Waals surface area (Å²) in [5.74, 6) is 1.47. The van der Waals surface area contributed by atoms with Crippen LogP contribution >= 0.6 is 54.5 Å². The van der Waals surface area contributed by atoms with E-state index in [1.807, 2.05) is 12.1 Å². The fourth-order valence-corrected chi connectivity index (χ4v) is 7.22. The quantitative estimate of drug-likeness (QED) is 0.228. The Morgan fingerprint density at radius 2 is 1.29 bits per heavy atom. The number of nitrogens with zero attached hydrogens (tertiary/aromatic N) is 4. The molecule has 4 heterocycles. The van der Waals surface area contributed by atoms with Crippen LogP contribution in [0.25, 0.3) is 21.1 Å². The number of carbonyl (C=O) groups is 1. The van der Waals surface area contributed by atoms with Gasteiger partial charge >= 0.3 is 0 Å². The van der Waals surface area contributed by atoms with Crippen molar-refractivity contribution in [3.8, 4) is 32.9 Å². The van der Waals surface area contributed by atoms with E-state index in [0.717, 1.165) is 55.0 Å². The van der Waals surface area contributed by atoms with Gasteiger partial charge in [0.2, 0.25) is 11.8 Å². The van der Waals surface area contributed by atoms with Gasteiger partial charge in [-0.25, -0.2) is 19.9 Å². The SMILES string of the molecule is COc1ncc(Br)cc1-c1nc2c(s1)CCC(=O)C2.COc1ncc(Br)cc1-c1nc2c(s1)CCCC2.[B]. The van der Waals surface area contributed by atoms with Crippen LogP contribution in [0, 0.1) is 0 Å². The summed E-state index contributed by atoms with van der Waals surface area (Å²) >= 11 is 10.3. The number of rotatable bonds is 4. The van der Waals surface area contributed by atoms with E-state index in [0.29, 0.717) is 24.6 Å². The fourth-order valence-electron chi connectivity index (χ4n) is 4.31. The lowest BCUT2D eigenvalue weighted by Gasteiger charge is -2.06. The van der Waals surface area contributed by atoms with Crippen LogP contribution in [0.15, 0.2) is 33.5 Å². The highest BCUT2D eigenvalue weighted by molar-refractivity contribution is 9.10. The second-order valence-corrected chi connectivity index (χ2v) is 12.6. The van der Waals surface area contributed by atoms with Gasteiger partial charge in [-0.15, -0.1) is 22.7 Å². The van der Waals surface area contributed by atoms with Gasteiger partial charge in [0.15, 0.2) is 0 Å². The Morgan fingerprint density at radius 3 is 1.84 bits per heavy atom. The van der Waals surface area contributed by atoms with Crippen LogP contribution < -0.4 is 9.47 Å². The number of ether oxygens (including phenoxy) is 2. The third-order valence-electron chi connectivity index (χ3n) is 6.10. The molecule has 0 bridgehead atoms. The maximum Gasteiger partial charge on any atom is 0.223 e. The monoisotopic (exact) mass is 673 g/mol. The van der Waals surface area contributed by atoms with Crippen LogP contribution in [-0.2, 0) is 30.5 Å². The smallest absolute Gasteiger partial charge is 0.223 e. The van der Waals surface area contributed by atoms with Gasteiger partial charge in [0.05, 0.1) is 36.7 Å². The van der Waals surface area contributed by atoms with Crippen LogP contribution in [0.2, 0.25) is 0 Å². The molecular formula is C26H24BBr2N4O3S2. The van der Waals surface area contributed by atoms with E-state index < -0.39 is 0 Å². The van der Waals surface area contributed by atoms with E-state index >= 15 is 0 Å². The number of methoxy groups -OCH3 is 2. The predicted molar refractivity (Wildman–Crippen MR) is 159 cm³/mol. The van der Waals surface area contributed by atoms with Gasteiger partial charge in [-0.1, -0.05) is 0 Å². The Kier molecular flexibility index (Phi) is 9.72. The van der Waals surface area contributed by atoms with Gasteiger partial charge in [-0.2, -0.15) is 0 Å². The van der Waals surface area contributed by atoms with Gasteiger partial charge < -0.3 is 9.47 Å². The van der Waals surface area contributed by atoms with E-state index in [2.05, 4.69) is 46.8 Å². The first-order valence-corrected chi connectivity index (χ1v) is 15.1. The zero-order chi connectivity index (χ0) is 25.9. The number of aryl methyl sites for hydroxylation is 3. The van der Waals surface area contributed by atoms with E-state index in [4.69, 9.17) is 14.5 Å². The molecule has 0 fully saturated rings. The molecule has 3 radical (unpaired) electrons. The third-order valence-corrected chi connectivity index (χ3v) is 9.35. The predicted octanol–water partition coefficient (Wildman–Crippen LogP) is 6.51. The minimum absolute atomic E-state index is 0. The molecule has 0 saturated carbocycles. The van der Waals surface area contributed by atoms with Crippen molar-refractivity contribution in [2.75, 3.05) is 14.2 Å². The van der Waals surface area contributed by atoms with Crippen molar-refractivity contribution in [3.63, 3.8) is 0 Å². The average molecular weight is 675 g/mol. The number of carbonyl (C=O) groups excluding carboxylic acids is 1. The number of aromatic nitrogens is 4. The second kappa shape index (κ2) is 12.8. The average Bonchev–Trinajstić information content (AvgIpc) is 3.53. The molecule has 0 atom stereocenters. The van der Waals surface area contributed by atoms with Crippen molar-refractivity contribution in [2.45, 2.75) is 44.9 Å². The molecule has 195 valence electrons. The highest BCUT2D eigenvalue weighted by Gasteiger charge is 2.22. The number of thiazole rings is 2. The maximum absolute atomic E-state index is 11.5. The largest absolute Gasteiger partial charge is 0.480 e. The number of ketones is 1. The topological polar surface area (TPSA) is 87.1 Å². The van der Waals surface area contributed by atoms with Gasteiger partial charge in [-0.05, 0) is 76.1 Å². The lowest BCUT2D eigenvalue weighted by molar-refractivity contribution is -0.118. The Labute approximate surface area is 248 Å². The Hall–Kier alpha value is -2.15. The highest BCUT2D eigenvalue weighted by atomic mass is 79.9. The highest BCUT2D eigenvalue weighted by Crippen LogP contribution is 2.38. The standard InChI is InChI=1S/C13H11BrN2O2S.C13H13BrN2OS.B/c1-18-12-9(4-7(14)6-15-12)13-16-10-5-8(17)2-3-11(10)19-13;1-17-12-9(6-8(14)7-15-12)13-16-10-4-2-3-5-11(10)18-13;/h4,6H,2-3,5H2,1H3;6-7H,2-5H2,1H3;. The fraction of sp³-hybridized carbons (Fsp3) is 0.346. The minimum Gasteiger partial charge on any atom is -0.480 e. The summed E-state index contributed by atoms with van der Waals surface area (Å²) in [6, 6.07) is 3.97. The summed E-state index contributed by atoms with van der Waals surface area (Å²) in [5.41, 5.74) is 4.02. The molecule has 0 spiro atoms. The summed E-state index contributed by atoms with van der Waals surface area (Å²) in [5, 5.41) is 1.89. The molecule has 2 aliphatic rings. The molecule has 6 rings (SSSR count). The van der Waals surface area contributed by atoms with Crippen LogP contribution in [0.4, 0.5) is 0 Å². The zero-order valence-electron chi connectivity index (χ0n) is 20.9. The summed E-state index contributed by atoms with van der Waals surface area (Å²) in [6.07, 6.45) is 10.1. The van der Waals surface area contributed by atoms with Crippen molar-refractivity contribution in [1.29, 1.82) is 0 Å². The summed E-state index contributed by atoms with van der Waals surface area (Å²) in [7, 11) is 3.24. The Balaban J connectivity index is 0.000000173. The Bertz CT molecular complexity index is 1440. The minimum atomic E-state index is 0. The number of pyridine rings is 2. The molecule has 2 aliphatic carbocycles. The summed E-state index contributed by atoms with van der Waals surface area (Å²) < 4.78 is 12.4. The Morgan fingerprint density at radius 1 is 0.763 bits per heavy atom. The van der Waals surface area contributed by atoms with Crippen LogP contribution in [0.5, 0.6) is 11.8 Å². The molecule has 0 aliphatic heterocycles. The first kappa shape index (κ1) is 28.9. The molecule has 7 nitrogen and oxygen atoms in total. The first-order chi connectivity index (χ1) is 17.9. The van der Waals surface area contributed by atoms with Crippen LogP contribution in [0.3, 0.4) is 0 Å². The van der Waals surface area contributed by atoms with E-state index in [-0.39, 0.29) is 14.2 Å². The molecule has 4 aromatic heterocycles. The van der Waals surface area contributed by atoms with E-state index in [1.54, 1.807) is 49.3 Å². The maximum atomic E-state index is 11.5. The molecule has 0 unspecified atom stereocenters. The number of hydrogen-bond acceptors (Lipinski definition) is 9. The van der Waals surface area contributed by atoms with Crippen LogP contribution in [-0.4, -0.2) is 48.4 Å². The normalized spacial score (nSPS) is 13.9. The molecule has 12 heteroatoms. The van der Waals surface area contributed by atoms with Gasteiger partial charge in [0.1, 0.15) is 15.8 Å². The van der Waals surface area contributed by atoms with Crippen molar-refractivity contribution in [1.82, 2.24) is 19.9 Å². The molecule has 0 N–H and O–H groups in total. The van der Waals surface area contributed by atoms with E-state index in [1.165, 1.54) is 28.3 Å². The first-order valence-electron chi connectivity index (χ1n) is 11.8. The molecule has 0 saturated heterocycles. The van der Waals surface area contributed by atoms with Crippen molar-refractivity contribution in [2.24, 2.45) is 0 Å². The molecule has 4 aromatic rings.